The third-order valence-electron chi connectivity index (χ3n) is 2.62. The highest BCUT2D eigenvalue weighted by Crippen LogP contribution is 2.24. The molecule has 0 fully saturated rings. The first kappa shape index (κ1) is 14.9. The molecule has 1 rings (SSSR count). The van der Waals surface area contributed by atoms with E-state index in [2.05, 4.69) is 5.10 Å². The van der Waals surface area contributed by atoms with Gasteiger partial charge in [-0.1, -0.05) is 13.8 Å². The molecule has 1 aromatic heterocycles. The normalized spacial score (nSPS) is 10.8. The number of ether oxygens (including phenoxy) is 1. The van der Waals surface area contributed by atoms with Crippen LogP contribution < -0.4 is 0 Å². The standard InChI is InChI=1S/C11H18ClN3O3/c1-3-9-11(15(16)17)10(4-2)14(13-9)6-8-18-7-5-12/h3-8H2,1-2H3. The molecule has 0 radical (unpaired) electrons. The van der Waals surface area contributed by atoms with E-state index in [9.17, 15) is 10.1 Å². The lowest BCUT2D eigenvalue weighted by Crippen LogP contribution is -2.11. The number of nitro groups is 1. The molecule has 0 atom stereocenters. The molecule has 7 heteroatoms. The van der Waals surface area contributed by atoms with E-state index in [1.807, 2.05) is 13.8 Å². The zero-order valence-electron chi connectivity index (χ0n) is 10.7. The molecule has 1 aromatic rings. The van der Waals surface area contributed by atoms with Crippen LogP contribution >= 0.6 is 11.6 Å². The minimum absolute atomic E-state index is 0.150. The smallest absolute Gasteiger partial charge is 0.313 e. The van der Waals surface area contributed by atoms with Crippen LogP contribution in [0.2, 0.25) is 0 Å². The van der Waals surface area contributed by atoms with Gasteiger partial charge in [-0.15, -0.1) is 11.6 Å². The van der Waals surface area contributed by atoms with Crippen molar-refractivity contribution in [2.24, 2.45) is 0 Å². The lowest BCUT2D eigenvalue weighted by Gasteiger charge is -2.05. The van der Waals surface area contributed by atoms with Gasteiger partial charge in [0.05, 0.1) is 24.7 Å². The summed E-state index contributed by atoms with van der Waals surface area (Å²) in [5.74, 6) is 0.445. The minimum atomic E-state index is -0.346. The van der Waals surface area contributed by atoms with Gasteiger partial charge in [-0.05, 0) is 12.8 Å². The largest absolute Gasteiger partial charge is 0.378 e. The van der Waals surface area contributed by atoms with E-state index >= 15 is 0 Å². The van der Waals surface area contributed by atoms with Crippen LogP contribution in [0.15, 0.2) is 0 Å². The number of halogens is 1. The maximum absolute atomic E-state index is 11.1. The van der Waals surface area contributed by atoms with Crippen molar-refractivity contribution < 1.29 is 9.66 Å². The van der Waals surface area contributed by atoms with Gasteiger partial charge in [0, 0.05) is 5.88 Å². The summed E-state index contributed by atoms with van der Waals surface area (Å²) in [4.78, 5) is 10.7. The van der Waals surface area contributed by atoms with Crippen LogP contribution in [0.4, 0.5) is 5.69 Å². The topological polar surface area (TPSA) is 70.2 Å². The fraction of sp³-hybridized carbons (Fsp3) is 0.727. The predicted octanol–water partition coefficient (Wildman–Crippen LogP) is 2.17. The van der Waals surface area contributed by atoms with Crippen molar-refractivity contribution in [2.75, 3.05) is 19.1 Å². The first-order valence-electron chi connectivity index (χ1n) is 6.02. The van der Waals surface area contributed by atoms with Gasteiger partial charge in [-0.2, -0.15) is 5.10 Å². The van der Waals surface area contributed by atoms with Gasteiger partial charge >= 0.3 is 5.69 Å². The highest BCUT2D eigenvalue weighted by molar-refractivity contribution is 6.17. The molecule has 0 aliphatic heterocycles. The Morgan fingerprint density at radius 2 is 2.11 bits per heavy atom. The van der Waals surface area contributed by atoms with Crippen molar-refractivity contribution in [3.8, 4) is 0 Å². The average molecular weight is 276 g/mol. The number of hydrogen-bond acceptors (Lipinski definition) is 4. The van der Waals surface area contributed by atoms with Gasteiger partial charge in [0.25, 0.3) is 0 Å². The zero-order chi connectivity index (χ0) is 13.5. The van der Waals surface area contributed by atoms with E-state index in [1.165, 1.54) is 0 Å². The average Bonchev–Trinajstić information content (AvgIpc) is 2.72. The molecule has 0 spiro atoms. The van der Waals surface area contributed by atoms with Crippen LogP contribution in [0.25, 0.3) is 0 Å². The predicted molar refractivity (Wildman–Crippen MR) is 69.2 cm³/mol. The maximum Gasteiger partial charge on any atom is 0.313 e. The van der Waals surface area contributed by atoms with Gasteiger partial charge in [0.2, 0.25) is 0 Å². The van der Waals surface area contributed by atoms with Crippen molar-refractivity contribution >= 4 is 17.3 Å². The van der Waals surface area contributed by atoms with E-state index < -0.39 is 0 Å². The monoisotopic (exact) mass is 275 g/mol. The van der Waals surface area contributed by atoms with Crippen LogP contribution in [0.3, 0.4) is 0 Å². The third-order valence-corrected chi connectivity index (χ3v) is 2.78. The molecule has 0 aliphatic rings. The van der Waals surface area contributed by atoms with Gasteiger partial charge in [-0.25, -0.2) is 0 Å². The van der Waals surface area contributed by atoms with Crippen molar-refractivity contribution in [1.29, 1.82) is 0 Å². The molecule has 0 saturated heterocycles. The minimum Gasteiger partial charge on any atom is -0.378 e. The molecular formula is C11H18ClN3O3. The molecular weight excluding hydrogens is 258 g/mol. The van der Waals surface area contributed by atoms with Gasteiger partial charge in [0.15, 0.2) is 0 Å². The molecule has 1 heterocycles. The Labute approximate surface area is 111 Å². The second-order valence-electron chi connectivity index (χ2n) is 3.73. The second-order valence-corrected chi connectivity index (χ2v) is 4.11. The lowest BCUT2D eigenvalue weighted by atomic mass is 10.2. The molecule has 0 bridgehead atoms. The number of aryl methyl sites for hydroxylation is 1. The summed E-state index contributed by atoms with van der Waals surface area (Å²) >= 11 is 5.50. The number of rotatable bonds is 8. The van der Waals surface area contributed by atoms with Gasteiger partial charge in [-0.3, -0.25) is 14.8 Å². The molecule has 0 amide bonds. The number of aromatic nitrogens is 2. The van der Waals surface area contributed by atoms with E-state index in [-0.39, 0.29) is 10.6 Å². The highest BCUT2D eigenvalue weighted by atomic mass is 35.5. The van der Waals surface area contributed by atoms with Crippen LogP contribution in [-0.2, 0) is 24.1 Å². The Morgan fingerprint density at radius 1 is 1.39 bits per heavy atom. The summed E-state index contributed by atoms with van der Waals surface area (Å²) in [6.45, 7) is 5.21. The number of hydrogen-bond donors (Lipinski definition) is 0. The summed E-state index contributed by atoms with van der Waals surface area (Å²) in [5, 5.41) is 15.3. The Kier molecular flexibility index (Phi) is 6.07. The first-order valence-corrected chi connectivity index (χ1v) is 6.55. The van der Waals surface area contributed by atoms with Crippen LogP contribution in [0.1, 0.15) is 25.2 Å². The van der Waals surface area contributed by atoms with Gasteiger partial charge < -0.3 is 4.74 Å². The molecule has 18 heavy (non-hydrogen) atoms. The highest BCUT2D eigenvalue weighted by Gasteiger charge is 2.24. The molecule has 0 aliphatic carbocycles. The van der Waals surface area contributed by atoms with Crippen molar-refractivity contribution in [3.63, 3.8) is 0 Å². The maximum atomic E-state index is 11.1. The number of nitrogens with zero attached hydrogens (tertiary/aromatic N) is 3. The van der Waals surface area contributed by atoms with E-state index in [0.29, 0.717) is 49.9 Å². The van der Waals surface area contributed by atoms with Crippen molar-refractivity contribution in [3.05, 3.63) is 21.5 Å². The van der Waals surface area contributed by atoms with Crippen molar-refractivity contribution in [1.82, 2.24) is 9.78 Å². The molecule has 0 aromatic carbocycles. The molecule has 0 saturated carbocycles. The van der Waals surface area contributed by atoms with Gasteiger partial charge in [0.1, 0.15) is 11.4 Å². The van der Waals surface area contributed by atoms with E-state index in [1.54, 1.807) is 4.68 Å². The molecule has 0 N–H and O–H groups in total. The lowest BCUT2D eigenvalue weighted by molar-refractivity contribution is -0.386. The van der Waals surface area contributed by atoms with Crippen molar-refractivity contribution in [2.45, 2.75) is 33.2 Å². The molecule has 102 valence electrons. The Hall–Kier alpha value is -1.14. The summed E-state index contributed by atoms with van der Waals surface area (Å²) in [7, 11) is 0. The van der Waals surface area contributed by atoms with Crippen LogP contribution in [0, 0.1) is 10.1 Å². The fourth-order valence-electron chi connectivity index (χ4n) is 1.83. The zero-order valence-corrected chi connectivity index (χ0v) is 11.4. The third kappa shape index (κ3) is 3.43. The summed E-state index contributed by atoms with van der Waals surface area (Å²) < 4.78 is 6.94. The Bertz CT molecular complexity index is 406. The summed E-state index contributed by atoms with van der Waals surface area (Å²) in [6, 6.07) is 0. The fourth-order valence-corrected chi connectivity index (χ4v) is 1.94. The van der Waals surface area contributed by atoms with E-state index in [0.717, 1.165) is 0 Å². The first-order chi connectivity index (χ1) is 8.65. The SMILES string of the molecule is CCc1nn(CCOCCCl)c(CC)c1[N+](=O)[O-]. The molecule has 0 unspecified atom stereocenters. The Morgan fingerprint density at radius 3 is 2.61 bits per heavy atom. The Balaban J connectivity index is 2.87. The summed E-state index contributed by atoms with van der Waals surface area (Å²) in [6.07, 6.45) is 1.14. The quantitative estimate of drug-likeness (QED) is 0.315. The summed E-state index contributed by atoms with van der Waals surface area (Å²) in [5.41, 5.74) is 1.35. The molecule has 6 nitrogen and oxygen atoms in total. The van der Waals surface area contributed by atoms with E-state index in [4.69, 9.17) is 16.3 Å². The van der Waals surface area contributed by atoms with Crippen LogP contribution in [-0.4, -0.2) is 33.8 Å². The second kappa shape index (κ2) is 7.33. The van der Waals surface area contributed by atoms with Crippen LogP contribution in [0.5, 0.6) is 0 Å². The number of alkyl halides is 1.